The molecule has 4 N–H and O–H groups in total. The van der Waals surface area contributed by atoms with Crippen molar-refractivity contribution in [1.29, 1.82) is 0 Å². The highest BCUT2D eigenvalue weighted by molar-refractivity contribution is 7.80. The summed E-state index contributed by atoms with van der Waals surface area (Å²) in [6.07, 6.45) is 9.13. The molecule has 3 amide bonds. The maximum absolute atomic E-state index is 12.7. The number of allylic oxidation sites excluding steroid dienone is 1. The lowest BCUT2D eigenvalue weighted by molar-refractivity contribution is -0.112. The molecule has 1 spiro atoms. The number of urea groups is 1. The molecule has 1 aliphatic carbocycles. The summed E-state index contributed by atoms with van der Waals surface area (Å²) in [5, 5.41) is 7.51. The van der Waals surface area contributed by atoms with Gasteiger partial charge in [0.25, 0.3) is 0 Å². The van der Waals surface area contributed by atoms with E-state index in [1.54, 1.807) is 48.7 Å². The number of nitrogens with two attached hydrogens (primary N) is 1. The number of thiocarbonyl (C=S) groups is 1. The molecule has 178 valence electrons. The van der Waals surface area contributed by atoms with Gasteiger partial charge in [0.1, 0.15) is 16.6 Å². The SMILES string of the molecule is CN1C(=O)NC(=S)C12CCC(=CC(=O)Nc1cc3cc(-c4cnccc4Cl)nc(N)c3cn1)CC2. The number of nitrogen functional groups attached to an aromatic ring is 1. The first-order chi connectivity index (χ1) is 16.8. The third-order valence-corrected chi connectivity index (χ3v) is 7.50. The molecule has 3 aromatic rings. The number of anilines is 2. The van der Waals surface area contributed by atoms with E-state index >= 15 is 0 Å². The summed E-state index contributed by atoms with van der Waals surface area (Å²) < 4.78 is 0. The van der Waals surface area contributed by atoms with Gasteiger partial charge in [-0.2, -0.15) is 0 Å². The molecule has 35 heavy (non-hydrogen) atoms. The van der Waals surface area contributed by atoms with Crippen LogP contribution in [-0.2, 0) is 4.79 Å². The summed E-state index contributed by atoms with van der Waals surface area (Å²) >= 11 is 11.7. The van der Waals surface area contributed by atoms with Crippen molar-refractivity contribution in [1.82, 2.24) is 25.2 Å². The number of nitrogens with one attached hydrogen (secondary N) is 2. The highest BCUT2D eigenvalue weighted by atomic mass is 35.5. The Bertz CT molecular complexity index is 1410. The van der Waals surface area contributed by atoms with Crippen molar-refractivity contribution < 1.29 is 9.59 Å². The van der Waals surface area contributed by atoms with Gasteiger partial charge < -0.3 is 16.0 Å². The van der Waals surface area contributed by atoms with Gasteiger partial charge in [0, 0.05) is 42.7 Å². The van der Waals surface area contributed by atoms with E-state index in [9.17, 15) is 9.59 Å². The molecule has 2 fully saturated rings. The molecule has 11 heteroatoms. The van der Waals surface area contributed by atoms with Crippen LogP contribution < -0.4 is 16.4 Å². The predicted octanol–water partition coefficient (Wildman–Crippen LogP) is 4.09. The molecule has 0 aromatic carbocycles. The molecule has 1 saturated heterocycles. The number of amides is 3. The van der Waals surface area contributed by atoms with Gasteiger partial charge in [-0.3, -0.25) is 15.1 Å². The first-order valence-electron chi connectivity index (χ1n) is 11.0. The number of rotatable bonds is 3. The number of halogens is 1. The minimum absolute atomic E-state index is 0.174. The maximum Gasteiger partial charge on any atom is 0.322 e. The van der Waals surface area contributed by atoms with Crippen molar-refractivity contribution in [3.63, 3.8) is 0 Å². The second kappa shape index (κ2) is 8.86. The number of pyridine rings is 3. The zero-order valence-corrected chi connectivity index (χ0v) is 20.4. The van der Waals surface area contributed by atoms with E-state index in [1.807, 2.05) is 6.07 Å². The first-order valence-corrected chi connectivity index (χ1v) is 11.8. The standard InChI is InChI=1S/C24H22ClN7O2S/c1-32-23(34)31-22(35)24(32)5-2-13(3-6-24)8-20(33)30-19-10-14-9-18(16-11-27-7-4-17(16)25)29-21(26)15(14)12-28-19/h4,7-12H,2-3,5-6H2,1H3,(H2,26,29)(H,28,30,33)(H,31,34,35). The molecule has 2 aliphatic rings. The summed E-state index contributed by atoms with van der Waals surface area (Å²) in [7, 11) is 1.76. The molecular weight excluding hydrogens is 486 g/mol. The first kappa shape index (κ1) is 23.1. The van der Waals surface area contributed by atoms with Crippen molar-refractivity contribution in [3.8, 4) is 11.3 Å². The molecule has 1 saturated carbocycles. The Kier molecular flexibility index (Phi) is 5.86. The van der Waals surface area contributed by atoms with Crippen LogP contribution in [0.4, 0.5) is 16.4 Å². The lowest BCUT2D eigenvalue weighted by Crippen LogP contribution is -2.48. The fourth-order valence-corrected chi connectivity index (χ4v) is 5.26. The largest absolute Gasteiger partial charge is 0.383 e. The van der Waals surface area contributed by atoms with Crippen LogP contribution >= 0.6 is 23.8 Å². The molecule has 0 atom stereocenters. The van der Waals surface area contributed by atoms with E-state index in [1.165, 1.54) is 0 Å². The zero-order valence-electron chi connectivity index (χ0n) is 18.8. The average Bonchev–Trinajstić information content (AvgIpc) is 3.03. The van der Waals surface area contributed by atoms with Crippen LogP contribution in [0.5, 0.6) is 0 Å². The van der Waals surface area contributed by atoms with Crippen LogP contribution in [0.2, 0.25) is 5.02 Å². The summed E-state index contributed by atoms with van der Waals surface area (Å²) in [5.41, 5.74) is 7.94. The molecule has 3 aromatic heterocycles. The van der Waals surface area contributed by atoms with Gasteiger partial charge in [0.2, 0.25) is 5.91 Å². The second-order valence-corrected chi connectivity index (χ2v) is 9.50. The number of hydrogen-bond donors (Lipinski definition) is 3. The number of carbonyl (C=O) groups excluding carboxylic acids is 2. The molecular formula is C24H22ClN7O2S. The minimum atomic E-state index is -0.455. The average molecular weight is 508 g/mol. The molecule has 4 heterocycles. The number of nitrogens with zero attached hydrogens (tertiary/aromatic N) is 4. The normalized spacial score (nSPS) is 19.8. The third-order valence-electron chi connectivity index (χ3n) is 6.68. The topological polar surface area (TPSA) is 126 Å². The van der Waals surface area contributed by atoms with Crippen LogP contribution in [0, 0.1) is 0 Å². The van der Waals surface area contributed by atoms with Crippen molar-refractivity contribution in [2.24, 2.45) is 0 Å². The van der Waals surface area contributed by atoms with Crippen molar-refractivity contribution in [2.75, 3.05) is 18.1 Å². The Hall–Kier alpha value is -3.63. The van der Waals surface area contributed by atoms with Crippen LogP contribution in [0.15, 0.2) is 48.4 Å². The fourth-order valence-electron chi connectivity index (χ4n) is 4.63. The Morgan fingerprint density at radius 2 is 2.09 bits per heavy atom. The van der Waals surface area contributed by atoms with Gasteiger partial charge in [0.05, 0.1) is 16.3 Å². The van der Waals surface area contributed by atoms with Crippen LogP contribution in [0.3, 0.4) is 0 Å². The third kappa shape index (κ3) is 4.19. The molecule has 0 bridgehead atoms. The Labute approximate surface area is 211 Å². The predicted molar refractivity (Wildman–Crippen MR) is 139 cm³/mol. The van der Waals surface area contributed by atoms with Crippen LogP contribution in [0.1, 0.15) is 25.7 Å². The lowest BCUT2D eigenvalue weighted by atomic mass is 9.79. The monoisotopic (exact) mass is 507 g/mol. The number of likely N-dealkylation sites (N-methyl/N-ethyl adjacent to an activating group) is 1. The number of carbonyl (C=O) groups is 2. The number of hydrogen-bond acceptors (Lipinski definition) is 7. The molecule has 0 unspecified atom stereocenters. The van der Waals surface area contributed by atoms with Crippen LogP contribution in [0.25, 0.3) is 22.0 Å². The minimum Gasteiger partial charge on any atom is -0.383 e. The summed E-state index contributed by atoms with van der Waals surface area (Å²) in [5.74, 6) is 0.438. The lowest BCUT2D eigenvalue weighted by Gasteiger charge is -2.38. The Morgan fingerprint density at radius 1 is 1.31 bits per heavy atom. The highest BCUT2D eigenvalue weighted by Crippen LogP contribution is 2.39. The molecule has 5 rings (SSSR count). The van der Waals surface area contributed by atoms with E-state index in [0.717, 1.165) is 11.0 Å². The maximum atomic E-state index is 12.7. The molecule has 0 radical (unpaired) electrons. The fraction of sp³-hybridized carbons (Fsp3) is 0.250. The van der Waals surface area contributed by atoms with Gasteiger partial charge >= 0.3 is 6.03 Å². The summed E-state index contributed by atoms with van der Waals surface area (Å²) in [6.45, 7) is 0. The van der Waals surface area contributed by atoms with Gasteiger partial charge in [-0.25, -0.2) is 14.8 Å². The van der Waals surface area contributed by atoms with Crippen molar-refractivity contribution in [3.05, 3.63) is 53.5 Å². The molecule has 1 aliphatic heterocycles. The van der Waals surface area contributed by atoms with Crippen LogP contribution in [-0.4, -0.2) is 49.4 Å². The van der Waals surface area contributed by atoms with Gasteiger partial charge in [-0.05, 0) is 49.3 Å². The summed E-state index contributed by atoms with van der Waals surface area (Å²) in [4.78, 5) is 39.8. The van der Waals surface area contributed by atoms with Gasteiger partial charge in [-0.1, -0.05) is 29.4 Å². The Balaban J connectivity index is 1.33. The van der Waals surface area contributed by atoms with E-state index in [2.05, 4.69) is 25.6 Å². The van der Waals surface area contributed by atoms with E-state index in [-0.39, 0.29) is 11.9 Å². The summed E-state index contributed by atoms with van der Waals surface area (Å²) in [6, 6.07) is 5.09. The van der Waals surface area contributed by atoms with Gasteiger partial charge in [0.15, 0.2) is 0 Å². The quantitative estimate of drug-likeness (QED) is 0.360. The van der Waals surface area contributed by atoms with Gasteiger partial charge in [-0.15, -0.1) is 0 Å². The Morgan fingerprint density at radius 3 is 2.77 bits per heavy atom. The van der Waals surface area contributed by atoms with E-state index in [0.29, 0.717) is 64.0 Å². The van der Waals surface area contributed by atoms with Crippen molar-refractivity contribution >= 4 is 63.2 Å². The smallest absolute Gasteiger partial charge is 0.322 e. The second-order valence-electron chi connectivity index (χ2n) is 8.68. The zero-order chi connectivity index (χ0) is 24.7. The van der Waals surface area contributed by atoms with E-state index in [4.69, 9.17) is 29.6 Å². The highest BCUT2D eigenvalue weighted by Gasteiger charge is 2.48. The molecule has 9 nitrogen and oxygen atoms in total. The number of fused-ring (bicyclic) bond motifs is 1. The number of aromatic nitrogens is 3. The van der Waals surface area contributed by atoms with E-state index < -0.39 is 5.54 Å². The van der Waals surface area contributed by atoms with Crippen molar-refractivity contribution in [2.45, 2.75) is 31.2 Å².